The summed E-state index contributed by atoms with van der Waals surface area (Å²) < 4.78 is 23.1. The molecule has 0 bridgehead atoms. The van der Waals surface area contributed by atoms with Crippen LogP contribution < -0.4 is 5.32 Å². The number of nitrogens with one attached hydrogen (secondary N) is 1. The van der Waals surface area contributed by atoms with E-state index in [2.05, 4.69) is 5.32 Å². The number of amides is 1. The largest absolute Gasteiger partial charge is 0.465 e. The number of rotatable bonds is 8. The molecule has 3 aromatic rings. The Morgan fingerprint density at radius 3 is 2.15 bits per heavy atom. The van der Waals surface area contributed by atoms with Gasteiger partial charge in [-0.1, -0.05) is 42.5 Å². The summed E-state index contributed by atoms with van der Waals surface area (Å²) in [5.74, 6) is -2.01. The molecule has 3 rings (SSSR count). The second-order valence-electron chi connectivity index (χ2n) is 7.57. The van der Waals surface area contributed by atoms with Crippen molar-refractivity contribution in [1.82, 2.24) is 4.90 Å². The highest BCUT2D eigenvalue weighted by Crippen LogP contribution is 2.34. The van der Waals surface area contributed by atoms with E-state index in [1.807, 2.05) is 35.2 Å². The first-order valence-electron chi connectivity index (χ1n) is 10.4. The van der Waals surface area contributed by atoms with Gasteiger partial charge in [0.2, 0.25) is 5.91 Å². The van der Waals surface area contributed by atoms with Crippen LogP contribution in [-0.2, 0) is 14.3 Å². The van der Waals surface area contributed by atoms with Gasteiger partial charge >= 0.3 is 11.9 Å². The second kappa shape index (κ2) is 11.0. The number of hydrogen-bond donors (Lipinski definition) is 1. The summed E-state index contributed by atoms with van der Waals surface area (Å²) in [5.41, 5.74) is 2.24. The molecule has 7 nitrogen and oxygen atoms in total. The Kier molecular flexibility index (Phi) is 8.14. The summed E-state index contributed by atoms with van der Waals surface area (Å²) in [6, 6.07) is 15.4. The van der Waals surface area contributed by atoms with Crippen LogP contribution in [0.15, 0.2) is 54.6 Å². The molecular weight excluding hydrogens is 459 g/mol. The van der Waals surface area contributed by atoms with Crippen molar-refractivity contribution in [2.45, 2.75) is 13.0 Å². The molecule has 1 heterocycles. The van der Waals surface area contributed by atoms with Crippen LogP contribution in [-0.4, -0.2) is 50.6 Å². The van der Waals surface area contributed by atoms with E-state index in [0.717, 1.165) is 22.5 Å². The van der Waals surface area contributed by atoms with Crippen LogP contribution in [0, 0.1) is 12.7 Å². The first kappa shape index (κ1) is 25.1. The van der Waals surface area contributed by atoms with Crippen LogP contribution in [0.1, 0.15) is 42.8 Å². The van der Waals surface area contributed by atoms with E-state index >= 15 is 0 Å². The number of methoxy groups -OCH3 is 2. The third-order valence-electron chi connectivity index (χ3n) is 5.29. The van der Waals surface area contributed by atoms with Crippen molar-refractivity contribution in [3.05, 3.63) is 87.5 Å². The Morgan fingerprint density at radius 1 is 0.971 bits per heavy atom. The molecule has 1 N–H and O–H groups in total. The smallest absolute Gasteiger partial charge is 0.348 e. The number of benzene rings is 2. The fourth-order valence-electron chi connectivity index (χ4n) is 3.70. The van der Waals surface area contributed by atoms with Gasteiger partial charge in [0.15, 0.2) is 0 Å². The highest BCUT2D eigenvalue weighted by molar-refractivity contribution is 7.18. The lowest BCUT2D eigenvalue weighted by Crippen LogP contribution is -2.34. The van der Waals surface area contributed by atoms with Crippen molar-refractivity contribution in [1.29, 1.82) is 0 Å². The SMILES string of the molecule is COC(=O)c1sc(NC(=O)CN(C)C(c2ccccc2)c2ccc(F)cc2)c(C(=O)OC)c1C. The zero-order chi connectivity index (χ0) is 24.8. The van der Waals surface area contributed by atoms with E-state index in [1.165, 1.54) is 26.4 Å². The lowest BCUT2D eigenvalue weighted by atomic mass is 9.97. The number of nitrogens with zero attached hydrogens (tertiary/aromatic N) is 1. The van der Waals surface area contributed by atoms with Gasteiger partial charge in [0.1, 0.15) is 15.7 Å². The highest BCUT2D eigenvalue weighted by Gasteiger charge is 2.28. The second-order valence-corrected chi connectivity index (χ2v) is 8.59. The third kappa shape index (κ3) is 5.49. The molecular formula is C25H25FN2O5S. The van der Waals surface area contributed by atoms with Crippen LogP contribution in [0.25, 0.3) is 0 Å². The molecule has 1 unspecified atom stereocenters. The van der Waals surface area contributed by atoms with Crippen LogP contribution >= 0.6 is 11.3 Å². The summed E-state index contributed by atoms with van der Waals surface area (Å²) in [6.45, 7) is 1.55. The van der Waals surface area contributed by atoms with Gasteiger partial charge in [0.25, 0.3) is 0 Å². The summed E-state index contributed by atoms with van der Waals surface area (Å²) in [5, 5.41) is 2.94. The number of ether oxygens (including phenoxy) is 2. The number of anilines is 1. The van der Waals surface area contributed by atoms with Gasteiger partial charge in [-0.25, -0.2) is 14.0 Å². The van der Waals surface area contributed by atoms with Crippen molar-refractivity contribution >= 4 is 34.2 Å². The zero-order valence-corrected chi connectivity index (χ0v) is 20.1. The molecule has 1 aromatic heterocycles. The average Bonchev–Trinajstić information content (AvgIpc) is 3.15. The van der Waals surface area contributed by atoms with Crippen molar-refractivity contribution in [3.63, 3.8) is 0 Å². The molecule has 0 fully saturated rings. The highest BCUT2D eigenvalue weighted by atomic mass is 32.1. The normalized spacial score (nSPS) is 11.7. The fraction of sp³-hybridized carbons (Fsp3) is 0.240. The van der Waals surface area contributed by atoms with E-state index < -0.39 is 17.8 Å². The van der Waals surface area contributed by atoms with Gasteiger partial charge < -0.3 is 14.8 Å². The van der Waals surface area contributed by atoms with E-state index in [-0.39, 0.29) is 33.8 Å². The predicted octanol–water partition coefficient (Wildman–Crippen LogP) is 4.43. The van der Waals surface area contributed by atoms with Gasteiger partial charge in [0, 0.05) is 0 Å². The van der Waals surface area contributed by atoms with Gasteiger partial charge in [0.05, 0.1) is 32.4 Å². The maximum atomic E-state index is 13.5. The van der Waals surface area contributed by atoms with Crippen molar-refractivity contribution in [2.75, 3.05) is 33.1 Å². The van der Waals surface area contributed by atoms with Crippen LogP contribution in [0.4, 0.5) is 9.39 Å². The Balaban J connectivity index is 1.87. The molecule has 2 aromatic carbocycles. The standard InChI is InChI=1S/C25H25FN2O5S/c1-15-20(24(30)32-3)23(34-22(15)25(31)33-4)27-19(29)14-28(2)21(16-8-6-5-7-9-16)17-10-12-18(26)13-11-17/h5-13,21H,14H2,1-4H3,(H,27,29). The zero-order valence-electron chi connectivity index (χ0n) is 19.3. The Bertz CT molecular complexity index is 1180. The first-order chi connectivity index (χ1) is 16.3. The van der Waals surface area contributed by atoms with Crippen molar-refractivity contribution in [3.8, 4) is 0 Å². The van der Waals surface area contributed by atoms with Gasteiger partial charge in [-0.15, -0.1) is 11.3 Å². The minimum absolute atomic E-state index is 0.0396. The fourth-order valence-corrected chi connectivity index (χ4v) is 4.83. The Morgan fingerprint density at radius 2 is 1.56 bits per heavy atom. The van der Waals surface area contributed by atoms with Crippen LogP contribution in [0.5, 0.6) is 0 Å². The van der Waals surface area contributed by atoms with Crippen LogP contribution in [0.2, 0.25) is 0 Å². The minimum Gasteiger partial charge on any atom is -0.465 e. The van der Waals surface area contributed by atoms with E-state index in [0.29, 0.717) is 5.56 Å². The lowest BCUT2D eigenvalue weighted by molar-refractivity contribution is -0.117. The summed E-state index contributed by atoms with van der Waals surface area (Å²) in [7, 11) is 4.25. The molecule has 0 aliphatic rings. The number of thiophene rings is 1. The Hall–Kier alpha value is -3.56. The molecule has 9 heteroatoms. The molecule has 0 saturated heterocycles. The van der Waals surface area contributed by atoms with E-state index in [9.17, 15) is 18.8 Å². The molecule has 34 heavy (non-hydrogen) atoms. The molecule has 1 atom stereocenters. The van der Waals surface area contributed by atoms with E-state index in [4.69, 9.17) is 9.47 Å². The maximum absolute atomic E-state index is 13.5. The number of hydrogen-bond acceptors (Lipinski definition) is 7. The monoisotopic (exact) mass is 484 g/mol. The molecule has 0 spiro atoms. The van der Waals surface area contributed by atoms with Gasteiger partial charge in [-0.2, -0.15) is 0 Å². The molecule has 1 amide bonds. The van der Waals surface area contributed by atoms with E-state index in [1.54, 1.807) is 26.1 Å². The predicted molar refractivity (Wildman–Crippen MR) is 128 cm³/mol. The number of esters is 2. The molecule has 0 saturated carbocycles. The molecule has 0 radical (unpaired) electrons. The van der Waals surface area contributed by atoms with Gasteiger partial charge in [-0.3, -0.25) is 9.69 Å². The number of carbonyl (C=O) groups excluding carboxylic acids is 3. The van der Waals surface area contributed by atoms with Crippen LogP contribution in [0.3, 0.4) is 0 Å². The van der Waals surface area contributed by atoms with Crippen molar-refractivity contribution in [2.24, 2.45) is 0 Å². The number of halogens is 1. The third-order valence-corrected chi connectivity index (χ3v) is 6.48. The molecule has 0 aliphatic heterocycles. The quantitative estimate of drug-likeness (QED) is 0.476. The van der Waals surface area contributed by atoms with Crippen molar-refractivity contribution < 1.29 is 28.2 Å². The summed E-state index contributed by atoms with van der Waals surface area (Å²) >= 11 is 0.953. The maximum Gasteiger partial charge on any atom is 0.348 e. The molecule has 178 valence electrons. The molecule has 0 aliphatic carbocycles. The lowest BCUT2D eigenvalue weighted by Gasteiger charge is -2.28. The summed E-state index contributed by atoms with van der Waals surface area (Å²) in [4.78, 5) is 39.4. The van der Waals surface area contributed by atoms with Gasteiger partial charge in [-0.05, 0) is 42.8 Å². The topological polar surface area (TPSA) is 84.9 Å². The number of likely N-dealkylation sites (N-methyl/N-ethyl adjacent to an activating group) is 1. The minimum atomic E-state index is -0.666. The average molecular weight is 485 g/mol. The summed E-state index contributed by atoms with van der Waals surface area (Å²) in [6.07, 6.45) is 0. The Labute approximate surface area is 201 Å². The number of carbonyl (C=O) groups is 3. The first-order valence-corrected chi connectivity index (χ1v) is 11.2.